The first-order chi connectivity index (χ1) is 9.81. The molecule has 2 heteroatoms. The summed E-state index contributed by atoms with van der Waals surface area (Å²) in [6, 6.07) is 17.1. The third kappa shape index (κ3) is 2.14. The second-order valence-electron chi connectivity index (χ2n) is 4.84. The lowest BCUT2D eigenvalue weighted by atomic mass is 9.99. The quantitative estimate of drug-likeness (QED) is 0.644. The van der Waals surface area contributed by atoms with E-state index in [2.05, 4.69) is 6.92 Å². The molecule has 0 fully saturated rings. The van der Waals surface area contributed by atoms with Crippen molar-refractivity contribution in [3.8, 4) is 0 Å². The number of fused-ring (bicyclic) bond motifs is 1. The Morgan fingerprint density at radius 3 is 2.45 bits per heavy atom. The molecule has 0 aliphatic carbocycles. The molecule has 20 heavy (non-hydrogen) atoms. The summed E-state index contributed by atoms with van der Waals surface area (Å²) in [7, 11) is 0. The molecule has 3 aromatic rings. The van der Waals surface area contributed by atoms with Gasteiger partial charge in [-0.15, -0.1) is 0 Å². The minimum atomic E-state index is 0.0407. The van der Waals surface area contributed by atoms with Crippen molar-refractivity contribution in [1.82, 2.24) is 0 Å². The Balaban J connectivity index is 2.18. The first-order valence-electron chi connectivity index (χ1n) is 6.91. The summed E-state index contributed by atoms with van der Waals surface area (Å²) < 4.78 is 5.86. The van der Waals surface area contributed by atoms with Crippen LogP contribution in [0.3, 0.4) is 0 Å². The lowest BCUT2D eigenvalue weighted by molar-refractivity contribution is 0.103. The highest BCUT2D eigenvalue weighted by molar-refractivity contribution is 6.16. The number of aryl methyl sites for hydroxylation is 1. The molecule has 3 rings (SSSR count). The monoisotopic (exact) mass is 264 g/mol. The molecule has 0 N–H and O–H groups in total. The number of rotatable bonds is 4. The maximum atomic E-state index is 12.8. The maximum Gasteiger partial charge on any atom is 0.197 e. The van der Waals surface area contributed by atoms with Gasteiger partial charge in [-0.2, -0.15) is 0 Å². The van der Waals surface area contributed by atoms with Crippen LogP contribution in [-0.2, 0) is 6.42 Å². The van der Waals surface area contributed by atoms with Gasteiger partial charge in [-0.25, -0.2) is 0 Å². The van der Waals surface area contributed by atoms with E-state index in [1.807, 2.05) is 54.6 Å². The van der Waals surface area contributed by atoms with Crippen LogP contribution in [0, 0.1) is 0 Å². The highest BCUT2D eigenvalue weighted by Crippen LogP contribution is 2.28. The van der Waals surface area contributed by atoms with E-state index in [1.165, 1.54) is 0 Å². The Morgan fingerprint density at radius 1 is 1.00 bits per heavy atom. The van der Waals surface area contributed by atoms with Crippen molar-refractivity contribution in [3.63, 3.8) is 0 Å². The summed E-state index contributed by atoms with van der Waals surface area (Å²) in [5.41, 5.74) is 2.21. The van der Waals surface area contributed by atoms with Crippen molar-refractivity contribution in [1.29, 1.82) is 0 Å². The van der Waals surface area contributed by atoms with E-state index >= 15 is 0 Å². The summed E-state index contributed by atoms with van der Waals surface area (Å²) in [6.45, 7) is 2.09. The molecule has 0 amide bonds. The Morgan fingerprint density at radius 2 is 1.70 bits per heavy atom. The van der Waals surface area contributed by atoms with Crippen molar-refractivity contribution >= 4 is 16.8 Å². The molecule has 0 saturated heterocycles. The van der Waals surface area contributed by atoms with Gasteiger partial charge in [0.05, 0.1) is 5.56 Å². The zero-order valence-corrected chi connectivity index (χ0v) is 11.4. The van der Waals surface area contributed by atoms with Gasteiger partial charge >= 0.3 is 0 Å². The van der Waals surface area contributed by atoms with Crippen molar-refractivity contribution in [3.05, 3.63) is 71.5 Å². The molecule has 2 nitrogen and oxygen atoms in total. The topological polar surface area (TPSA) is 30.2 Å². The number of carbonyl (C=O) groups is 1. The SMILES string of the molecule is CCCc1oc2ccccc2c1C(=O)c1ccccc1. The molecule has 0 radical (unpaired) electrons. The molecular formula is C18H16O2. The van der Waals surface area contributed by atoms with Crippen LogP contribution in [0.5, 0.6) is 0 Å². The van der Waals surface area contributed by atoms with E-state index < -0.39 is 0 Å². The maximum absolute atomic E-state index is 12.8. The van der Waals surface area contributed by atoms with Gasteiger partial charge in [0, 0.05) is 17.4 Å². The second-order valence-corrected chi connectivity index (χ2v) is 4.84. The van der Waals surface area contributed by atoms with Gasteiger partial charge in [-0.05, 0) is 12.5 Å². The third-order valence-electron chi connectivity index (χ3n) is 3.41. The highest BCUT2D eigenvalue weighted by Gasteiger charge is 2.20. The highest BCUT2D eigenvalue weighted by atomic mass is 16.3. The van der Waals surface area contributed by atoms with E-state index in [0.29, 0.717) is 11.1 Å². The van der Waals surface area contributed by atoms with Crippen molar-refractivity contribution < 1.29 is 9.21 Å². The van der Waals surface area contributed by atoms with Gasteiger partial charge in [0.2, 0.25) is 0 Å². The van der Waals surface area contributed by atoms with Gasteiger partial charge in [0.15, 0.2) is 5.78 Å². The van der Waals surface area contributed by atoms with Gasteiger partial charge < -0.3 is 4.42 Å². The first kappa shape index (κ1) is 12.7. The number of carbonyl (C=O) groups excluding carboxylic acids is 1. The largest absolute Gasteiger partial charge is 0.460 e. The Labute approximate surface area is 118 Å². The number of hydrogen-bond donors (Lipinski definition) is 0. The van der Waals surface area contributed by atoms with Gasteiger partial charge in [-0.1, -0.05) is 55.5 Å². The van der Waals surface area contributed by atoms with Crippen LogP contribution in [-0.4, -0.2) is 5.78 Å². The van der Waals surface area contributed by atoms with E-state index in [9.17, 15) is 4.79 Å². The molecule has 0 aliphatic rings. The van der Waals surface area contributed by atoms with Crippen molar-refractivity contribution in [2.75, 3.05) is 0 Å². The molecule has 2 aromatic carbocycles. The third-order valence-corrected chi connectivity index (χ3v) is 3.41. The molecule has 0 spiro atoms. The Hall–Kier alpha value is -2.35. The Bertz CT molecular complexity index is 738. The standard InChI is InChI=1S/C18H16O2/c1-2-8-16-17(14-11-6-7-12-15(14)20-16)18(19)13-9-4-3-5-10-13/h3-7,9-12H,2,8H2,1H3. The number of para-hydroxylation sites is 1. The van der Waals surface area contributed by atoms with Crippen LogP contribution in [0.15, 0.2) is 59.0 Å². The summed E-state index contributed by atoms with van der Waals surface area (Å²) in [5, 5.41) is 0.907. The summed E-state index contributed by atoms with van der Waals surface area (Å²) >= 11 is 0. The molecule has 1 aromatic heterocycles. The minimum Gasteiger partial charge on any atom is -0.460 e. The number of hydrogen-bond acceptors (Lipinski definition) is 2. The number of ketones is 1. The van der Waals surface area contributed by atoms with Gasteiger partial charge in [0.1, 0.15) is 11.3 Å². The van der Waals surface area contributed by atoms with Gasteiger partial charge in [-0.3, -0.25) is 4.79 Å². The molecule has 0 atom stereocenters. The summed E-state index contributed by atoms with van der Waals surface area (Å²) in [5.74, 6) is 0.835. The fourth-order valence-electron chi connectivity index (χ4n) is 2.48. The van der Waals surface area contributed by atoms with Gasteiger partial charge in [0.25, 0.3) is 0 Å². The molecule has 0 saturated carbocycles. The van der Waals surface area contributed by atoms with Crippen LogP contribution >= 0.6 is 0 Å². The fourth-order valence-corrected chi connectivity index (χ4v) is 2.48. The number of furan rings is 1. The van der Waals surface area contributed by atoms with E-state index in [0.717, 1.165) is 29.6 Å². The second kappa shape index (κ2) is 5.33. The molecular weight excluding hydrogens is 248 g/mol. The van der Waals surface area contributed by atoms with Crippen LogP contribution in [0.1, 0.15) is 35.0 Å². The minimum absolute atomic E-state index is 0.0407. The Kier molecular flexibility index (Phi) is 3.38. The van der Waals surface area contributed by atoms with Crippen molar-refractivity contribution in [2.45, 2.75) is 19.8 Å². The summed E-state index contributed by atoms with van der Waals surface area (Å²) in [4.78, 5) is 12.8. The average Bonchev–Trinajstić information content (AvgIpc) is 2.86. The predicted molar refractivity (Wildman–Crippen MR) is 80.1 cm³/mol. The summed E-state index contributed by atoms with van der Waals surface area (Å²) in [6.07, 6.45) is 1.73. The molecule has 0 aliphatic heterocycles. The molecule has 0 bridgehead atoms. The van der Waals surface area contributed by atoms with Crippen molar-refractivity contribution in [2.24, 2.45) is 0 Å². The molecule has 1 heterocycles. The van der Waals surface area contributed by atoms with Crippen LogP contribution in [0.25, 0.3) is 11.0 Å². The smallest absolute Gasteiger partial charge is 0.197 e. The van der Waals surface area contributed by atoms with E-state index in [1.54, 1.807) is 0 Å². The van der Waals surface area contributed by atoms with Crippen LogP contribution in [0.4, 0.5) is 0 Å². The predicted octanol–water partition coefficient (Wildman–Crippen LogP) is 4.62. The van der Waals surface area contributed by atoms with E-state index in [-0.39, 0.29) is 5.78 Å². The number of benzene rings is 2. The normalized spacial score (nSPS) is 10.8. The fraction of sp³-hybridized carbons (Fsp3) is 0.167. The lowest BCUT2D eigenvalue weighted by Gasteiger charge is -2.02. The zero-order valence-electron chi connectivity index (χ0n) is 11.4. The average molecular weight is 264 g/mol. The first-order valence-corrected chi connectivity index (χ1v) is 6.91. The van der Waals surface area contributed by atoms with Crippen LogP contribution in [0.2, 0.25) is 0 Å². The lowest BCUT2D eigenvalue weighted by Crippen LogP contribution is -2.03. The van der Waals surface area contributed by atoms with Crippen LogP contribution < -0.4 is 0 Å². The zero-order chi connectivity index (χ0) is 13.9. The van der Waals surface area contributed by atoms with E-state index in [4.69, 9.17) is 4.42 Å². The molecule has 0 unspecified atom stereocenters. The molecule has 100 valence electrons.